The van der Waals surface area contributed by atoms with E-state index >= 15 is 0 Å². The molecule has 6 nitrogen and oxygen atoms in total. The van der Waals surface area contributed by atoms with Gasteiger partial charge in [-0.05, 0) is 6.42 Å². The van der Waals surface area contributed by atoms with E-state index in [-0.39, 0.29) is 12.1 Å². The summed E-state index contributed by atoms with van der Waals surface area (Å²) < 4.78 is 2.09. The minimum Gasteiger partial charge on any atom is -0.465 e. The van der Waals surface area contributed by atoms with Crippen LogP contribution in [0.25, 0.3) is 0 Å². The molecule has 17 heavy (non-hydrogen) atoms. The van der Waals surface area contributed by atoms with Crippen LogP contribution in [0.5, 0.6) is 0 Å². The highest BCUT2D eigenvalue weighted by Crippen LogP contribution is 2.21. The Morgan fingerprint density at radius 1 is 1.29 bits per heavy atom. The van der Waals surface area contributed by atoms with E-state index in [0.717, 1.165) is 30.9 Å². The molecule has 0 unspecified atom stereocenters. The Kier molecular flexibility index (Phi) is 2.17. The first kappa shape index (κ1) is 10.3. The predicted molar refractivity (Wildman–Crippen MR) is 59.0 cm³/mol. The number of carbonyl (C=O) groups is 1. The predicted octanol–water partition coefficient (Wildman–Crippen LogP) is 0.226. The Balaban J connectivity index is 2.10. The number of aromatic nitrogens is 2. The van der Waals surface area contributed by atoms with Crippen molar-refractivity contribution in [2.24, 2.45) is 0 Å². The summed E-state index contributed by atoms with van der Waals surface area (Å²) in [5.41, 5.74) is 1.30. The molecule has 2 aliphatic heterocycles. The minimum absolute atomic E-state index is 0.177. The molecule has 0 radical (unpaired) electrons. The van der Waals surface area contributed by atoms with Crippen LogP contribution in [0.4, 0.5) is 4.79 Å². The lowest BCUT2D eigenvalue weighted by Gasteiger charge is -2.27. The topological polar surface area (TPSA) is 75.4 Å². The molecule has 3 rings (SSSR count). The zero-order valence-corrected chi connectivity index (χ0v) is 9.35. The van der Waals surface area contributed by atoms with Gasteiger partial charge in [-0.25, -0.2) is 4.79 Å². The molecule has 0 saturated carbocycles. The van der Waals surface area contributed by atoms with Crippen molar-refractivity contribution in [2.45, 2.75) is 32.4 Å². The number of rotatable bonds is 0. The molecule has 90 valence electrons. The summed E-state index contributed by atoms with van der Waals surface area (Å²) in [6, 6.07) is 0. The van der Waals surface area contributed by atoms with E-state index in [1.165, 1.54) is 4.90 Å². The molecule has 0 bridgehead atoms. The molecule has 1 aromatic heterocycles. The van der Waals surface area contributed by atoms with Crippen molar-refractivity contribution in [2.75, 3.05) is 6.54 Å². The fourth-order valence-electron chi connectivity index (χ4n) is 2.66. The summed E-state index contributed by atoms with van der Waals surface area (Å²) in [6.07, 6.45) is 1.52. The molecular formula is C11H13N3O3. The van der Waals surface area contributed by atoms with Crippen LogP contribution in [-0.4, -0.2) is 32.2 Å². The lowest BCUT2D eigenvalue weighted by Crippen LogP contribution is -2.40. The molecule has 2 aliphatic rings. The van der Waals surface area contributed by atoms with Crippen molar-refractivity contribution in [3.63, 3.8) is 0 Å². The van der Waals surface area contributed by atoms with E-state index in [1.54, 1.807) is 0 Å². The van der Waals surface area contributed by atoms with E-state index in [0.29, 0.717) is 18.5 Å². The van der Waals surface area contributed by atoms with Gasteiger partial charge in [0.15, 0.2) is 0 Å². The number of hydrogen-bond acceptors (Lipinski definition) is 3. The van der Waals surface area contributed by atoms with Gasteiger partial charge in [0.2, 0.25) is 0 Å². The third-order valence-electron chi connectivity index (χ3n) is 3.49. The number of aryl methyl sites for hydroxylation is 1. The lowest BCUT2D eigenvalue weighted by atomic mass is 10.1. The molecule has 0 spiro atoms. The Hall–Kier alpha value is -1.85. The first-order valence-corrected chi connectivity index (χ1v) is 5.76. The number of fused-ring (bicyclic) bond motifs is 3. The van der Waals surface area contributed by atoms with Gasteiger partial charge < -0.3 is 14.6 Å². The van der Waals surface area contributed by atoms with E-state index in [4.69, 9.17) is 5.11 Å². The van der Waals surface area contributed by atoms with E-state index < -0.39 is 6.09 Å². The first-order chi connectivity index (χ1) is 8.16. The molecule has 0 aromatic carbocycles. The maximum absolute atomic E-state index is 11.8. The molecule has 3 heterocycles. The molecule has 6 heteroatoms. The van der Waals surface area contributed by atoms with E-state index in [2.05, 4.69) is 9.55 Å². The second-order valence-electron chi connectivity index (χ2n) is 4.47. The van der Waals surface area contributed by atoms with Crippen LogP contribution in [0.3, 0.4) is 0 Å². The molecule has 1 N–H and O–H groups in total. The summed E-state index contributed by atoms with van der Waals surface area (Å²) in [6.45, 7) is 1.54. The van der Waals surface area contributed by atoms with Crippen LogP contribution in [0.15, 0.2) is 4.79 Å². The molecule has 1 aromatic rings. The average Bonchev–Trinajstić information content (AvgIpc) is 2.76. The Morgan fingerprint density at radius 3 is 2.88 bits per heavy atom. The highest BCUT2D eigenvalue weighted by Gasteiger charge is 2.27. The fourth-order valence-corrected chi connectivity index (χ4v) is 2.66. The summed E-state index contributed by atoms with van der Waals surface area (Å²) in [7, 11) is 0. The SMILES string of the molecule is O=C(O)N1CCc2c(c(=O)nc3n2CCC3)C1. The van der Waals surface area contributed by atoms with Crippen LogP contribution in [0.2, 0.25) is 0 Å². The molecule has 0 aliphatic carbocycles. The summed E-state index contributed by atoms with van der Waals surface area (Å²) in [5.74, 6) is 0.859. The number of hydrogen-bond donors (Lipinski definition) is 1. The molecule has 0 saturated heterocycles. The van der Waals surface area contributed by atoms with Gasteiger partial charge in [0, 0.05) is 31.6 Å². The highest BCUT2D eigenvalue weighted by molar-refractivity contribution is 5.65. The van der Waals surface area contributed by atoms with Crippen LogP contribution in [0, 0.1) is 0 Å². The maximum Gasteiger partial charge on any atom is 0.407 e. The van der Waals surface area contributed by atoms with Gasteiger partial charge in [-0.1, -0.05) is 0 Å². The zero-order valence-electron chi connectivity index (χ0n) is 9.35. The van der Waals surface area contributed by atoms with Crippen LogP contribution in [-0.2, 0) is 25.9 Å². The van der Waals surface area contributed by atoms with Crippen molar-refractivity contribution in [3.05, 3.63) is 27.4 Å². The third-order valence-corrected chi connectivity index (χ3v) is 3.49. The van der Waals surface area contributed by atoms with Crippen molar-refractivity contribution in [1.82, 2.24) is 14.5 Å². The maximum atomic E-state index is 11.8. The van der Waals surface area contributed by atoms with Crippen LogP contribution >= 0.6 is 0 Å². The number of nitrogens with zero attached hydrogens (tertiary/aromatic N) is 3. The normalized spacial score (nSPS) is 17.8. The molecule has 1 amide bonds. The summed E-state index contributed by atoms with van der Waals surface area (Å²) in [4.78, 5) is 28.1. The quantitative estimate of drug-likeness (QED) is 0.698. The van der Waals surface area contributed by atoms with E-state index in [1.807, 2.05) is 0 Å². The van der Waals surface area contributed by atoms with Crippen LogP contribution < -0.4 is 5.56 Å². The van der Waals surface area contributed by atoms with Gasteiger partial charge in [0.05, 0.1) is 12.1 Å². The first-order valence-electron chi connectivity index (χ1n) is 5.76. The Morgan fingerprint density at radius 2 is 2.12 bits per heavy atom. The highest BCUT2D eigenvalue weighted by atomic mass is 16.4. The summed E-state index contributed by atoms with van der Waals surface area (Å²) >= 11 is 0. The zero-order chi connectivity index (χ0) is 12.0. The largest absolute Gasteiger partial charge is 0.465 e. The van der Waals surface area contributed by atoms with Gasteiger partial charge in [-0.3, -0.25) is 4.79 Å². The molecule has 0 atom stereocenters. The van der Waals surface area contributed by atoms with Gasteiger partial charge in [-0.2, -0.15) is 4.98 Å². The van der Waals surface area contributed by atoms with Crippen molar-refractivity contribution in [3.8, 4) is 0 Å². The average molecular weight is 235 g/mol. The number of amides is 1. The van der Waals surface area contributed by atoms with E-state index in [9.17, 15) is 9.59 Å². The summed E-state index contributed by atoms with van der Waals surface area (Å²) in [5, 5.41) is 8.94. The van der Waals surface area contributed by atoms with Crippen molar-refractivity contribution in [1.29, 1.82) is 0 Å². The molecule has 0 fully saturated rings. The second-order valence-corrected chi connectivity index (χ2v) is 4.47. The Labute approximate surface area is 97.5 Å². The second kappa shape index (κ2) is 3.58. The van der Waals surface area contributed by atoms with Gasteiger partial charge >= 0.3 is 6.09 Å². The van der Waals surface area contributed by atoms with Gasteiger partial charge in [0.1, 0.15) is 5.82 Å². The van der Waals surface area contributed by atoms with Crippen LogP contribution in [0.1, 0.15) is 23.5 Å². The minimum atomic E-state index is -0.972. The van der Waals surface area contributed by atoms with Crippen molar-refractivity contribution < 1.29 is 9.90 Å². The Bertz CT molecular complexity index is 550. The monoisotopic (exact) mass is 235 g/mol. The number of carboxylic acid groups (broad SMARTS) is 1. The standard InChI is InChI=1S/C11H13N3O3/c15-10-7-6-13(11(16)17)5-3-8(7)14-4-1-2-9(14)12-10/h1-6H2,(H,16,17). The lowest BCUT2D eigenvalue weighted by molar-refractivity contribution is 0.138. The molecular weight excluding hydrogens is 222 g/mol. The van der Waals surface area contributed by atoms with Gasteiger partial charge in [0.25, 0.3) is 5.56 Å². The van der Waals surface area contributed by atoms with Gasteiger partial charge in [-0.15, -0.1) is 0 Å². The van der Waals surface area contributed by atoms with Crippen molar-refractivity contribution >= 4 is 6.09 Å². The third kappa shape index (κ3) is 1.51. The fraction of sp³-hybridized carbons (Fsp3) is 0.545. The smallest absolute Gasteiger partial charge is 0.407 e.